The lowest BCUT2D eigenvalue weighted by Gasteiger charge is -2.22. The van der Waals surface area contributed by atoms with E-state index in [1.54, 1.807) is 4.57 Å². The van der Waals surface area contributed by atoms with Crippen molar-refractivity contribution in [2.24, 2.45) is 5.92 Å². The van der Waals surface area contributed by atoms with Crippen LogP contribution in [0.25, 0.3) is 16.6 Å². The standard InChI is InChI=1S/C21H25N3O/c1-4-18(22-14-15(2)3)20-23-19-13-9-8-12-17(19)21(25)24(20)16-10-6-5-7-11-16/h5-13,15,18,22H,4,14H2,1-3H3/t18-/m0/s1. The van der Waals surface area contributed by atoms with Gasteiger partial charge in [0, 0.05) is 0 Å². The van der Waals surface area contributed by atoms with E-state index in [1.807, 2.05) is 54.6 Å². The van der Waals surface area contributed by atoms with E-state index in [-0.39, 0.29) is 11.6 Å². The first-order chi connectivity index (χ1) is 12.1. The first-order valence-electron chi connectivity index (χ1n) is 8.92. The summed E-state index contributed by atoms with van der Waals surface area (Å²) in [4.78, 5) is 18.1. The van der Waals surface area contributed by atoms with Crippen molar-refractivity contribution in [3.05, 3.63) is 70.8 Å². The molecule has 0 fully saturated rings. The van der Waals surface area contributed by atoms with Crippen LogP contribution in [0.1, 0.15) is 39.1 Å². The van der Waals surface area contributed by atoms with Crippen molar-refractivity contribution in [1.29, 1.82) is 0 Å². The van der Waals surface area contributed by atoms with Gasteiger partial charge >= 0.3 is 0 Å². The second kappa shape index (κ2) is 7.62. The molecule has 4 nitrogen and oxygen atoms in total. The second-order valence-electron chi connectivity index (χ2n) is 6.73. The zero-order valence-corrected chi connectivity index (χ0v) is 15.1. The molecule has 0 unspecified atom stereocenters. The summed E-state index contributed by atoms with van der Waals surface area (Å²) in [7, 11) is 0. The summed E-state index contributed by atoms with van der Waals surface area (Å²) in [6.07, 6.45) is 0.865. The predicted octanol–water partition coefficient (Wildman–Crippen LogP) is 4.08. The number of hydrogen-bond acceptors (Lipinski definition) is 3. The molecule has 1 N–H and O–H groups in total. The van der Waals surface area contributed by atoms with E-state index in [1.165, 1.54) is 0 Å². The summed E-state index contributed by atoms with van der Waals surface area (Å²) in [5, 5.41) is 4.21. The van der Waals surface area contributed by atoms with Crippen molar-refractivity contribution in [2.75, 3.05) is 6.54 Å². The van der Waals surface area contributed by atoms with Crippen LogP contribution in [0, 0.1) is 5.92 Å². The first-order valence-corrected chi connectivity index (χ1v) is 8.92. The molecule has 0 saturated carbocycles. The predicted molar refractivity (Wildman–Crippen MR) is 103 cm³/mol. The monoisotopic (exact) mass is 335 g/mol. The maximum atomic E-state index is 13.2. The first kappa shape index (κ1) is 17.4. The maximum absolute atomic E-state index is 13.2. The summed E-state index contributed by atoms with van der Waals surface area (Å²) in [6.45, 7) is 7.36. The largest absolute Gasteiger partial charge is 0.307 e. The van der Waals surface area contributed by atoms with Crippen LogP contribution in [0.15, 0.2) is 59.4 Å². The van der Waals surface area contributed by atoms with Gasteiger partial charge in [0.2, 0.25) is 0 Å². The van der Waals surface area contributed by atoms with Crippen LogP contribution in [0.3, 0.4) is 0 Å². The number of benzene rings is 2. The van der Waals surface area contributed by atoms with Crippen molar-refractivity contribution in [3.8, 4) is 5.69 Å². The molecule has 0 aliphatic carbocycles. The fourth-order valence-corrected chi connectivity index (χ4v) is 3.01. The molecule has 0 saturated heterocycles. The van der Waals surface area contributed by atoms with E-state index in [0.717, 1.165) is 30.0 Å². The third-order valence-electron chi connectivity index (χ3n) is 4.31. The number of aromatic nitrogens is 2. The Morgan fingerprint density at radius 3 is 2.40 bits per heavy atom. The Kier molecular flexibility index (Phi) is 5.29. The molecule has 1 atom stereocenters. The van der Waals surface area contributed by atoms with Crippen molar-refractivity contribution in [1.82, 2.24) is 14.9 Å². The Hall–Kier alpha value is -2.46. The quantitative estimate of drug-likeness (QED) is 0.738. The van der Waals surface area contributed by atoms with E-state index in [9.17, 15) is 4.79 Å². The number of para-hydroxylation sites is 2. The number of nitrogens with zero attached hydrogens (tertiary/aromatic N) is 2. The number of hydrogen-bond donors (Lipinski definition) is 1. The van der Waals surface area contributed by atoms with Gasteiger partial charge in [-0.3, -0.25) is 9.36 Å². The normalized spacial score (nSPS) is 12.6. The highest BCUT2D eigenvalue weighted by atomic mass is 16.1. The third-order valence-corrected chi connectivity index (χ3v) is 4.31. The van der Waals surface area contributed by atoms with E-state index in [0.29, 0.717) is 11.3 Å². The zero-order chi connectivity index (χ0) is 17.8. The Bertz CT molecular complexity index is 900. The molecule has 130 valence electrons. The van der Waals surface area contributed by atoms with Crippen LogP contribution < -0.4 is 10.9 Å². The maximum Gasteiger partial charge on any atom is 0.266 e. The van der Waals surface area contributed by atoms with Gasteiger partial charge in [0.25, 0.3) is 5.56 Å². The van der Waals surface area contributed by atoms with Gasteiger partial charge in [-0.1, -0.05) is 51.1 Å². The minimum Gasteiger partial charge on any atom is -0.307 e. The highest BCUT2D eigenvalue weighted by Gasteiger charge is 2.19. The summed E-state index contributed by atoms with van der Waals surface area (Å²) in [6, 6.07) is 17.3. The van der Waals surface area contributed by atoms with Crippen molar-refractivity contribution >= 4 is 10.9 Å². The molecule has 1 heterocycles. The lowest BCUT2D eigenvalue weighted by atomic mass is 10.1. The number of rotatable bonds is 6. The number of fused-ring (bicyclic) bond motifs is 1. The summed E-state index contributed by atoms with van der Waals surface area (Å²) >= 11 is 0. The topological polar surface area (TPSA) is 46.9 Å². The smallest absolute Gasteiger partial charge is 0.266 e. The van der Waals surface area contributed by atoms with Gasteiger partial charge < -0.3 is 5.32 Å². The van der Waals surface area contributed by atoms with Crippen LogP contribution in [-0.4, -0.2) is 16.1 Å². The van der Waals surface area contributed by atoms with E-state index in [4.69, 9.17) is 4.98 Å². The van der Waals surface area contributed by atoms with Crippen molar-refractivity contribution < 1.29 is 0 Å². The van der Waals surface area contributed by atoms with Gasteiger partial charge in [-0.05, 0) is 43.1 Å². The molecule has 0 amide bonds. The highest BCUT2D eigenvalue weighted by molar-refractivity contribution is 5.77. The fourth-order valence-electron chi connectivity index (χ4n) is 3.01. The Morgan fingerprint density at radius 1 is 1.04 bits per heavy atom. The Balaban J connectivity index is 2.23. The van der Waals surface area contributed by atoms with Crippen molar-refractivity contribution in [2.45, 2.75) is 33.2 Å². The molecule has 0 aliphatic rings. The van der Waals surface area contributed by atoms with Crippen molar-refractivity contribution in [3.63, 3.8) is 0 Å². The average molecular weight is 335 g/mol. The molecule has 0 bridgehead atoms. The Morgan fingerprint density at radius 2 is 1.72 bits per heavy atom. The lowest BCUT2D eigenvalue weighted by molar-refractivity contribution is 0.442. The van der Waals surface area contributed by atoms with Crippen LogP contribution >= 0.6 is 0 Å². The van der Waals surface area contributed by atoms with Gasteiger partial charge in [0.15, 0.2) is 0 Å². The van der Waals surface area contributed by atoms with Crippen LogP contribution in [-0.2, 0) is 0 Å². The lowest BCUT2D eigenvalue weighted by Crippen LogP contribution is -2.32. The van der Waals surface area contributed by atoms with E-state index < -0.39 is 0 Å². The third kappa shape index (κ3) is 3.64. The molecule has 25 heavy (non-hydrogen) atoms. The van der Waals surface area contributed by atoms with Gasteiger partial charge in [-0.15, -0.1) is 0 Å². The molecule has 0 spiro atoms. The molecular formula is C21H25N3O. The summed E-state index contributed by atoms with van der Waals surface area (Å²) < 4.78 is 1.75. The zero-order valence-electron chi connectivity index (χ0n) is 15.1. The fraction of sp³-hybridized carbons (Fsp3) is 0.333. The SMILES string of the molecule is CC[C@H](NCC(C)C)c1nc2ccccc2c(=O)n1-c1ccccc1. The molecular weight excluding hydrogens is 310 g/mol. The molecule has 2 aromatic carbocycles. The summed E-state index contributed by atoms with van der Waals surface area (Å²) in [5.41, 5.74) is 1.58. The van der Waals surface area contributed by atoms with E-state index in [2.05, 4.69) is 26.1 Å². The minimum atomic E-state index is -0.0170. The molecule has 4 heteroatoms. The molecule has 0 radical (unpaired) electrons. The molecule has 3 rings (SSSR count). The average Bonchev–Trinajstić information content (AvgIpc) is 2.63. The molecule has 1 aromatic heterocycles. The summed E-state index contributed by atoms with van der Waals surface area (Å²) in [5.74, 6) is 1.31. The minimum absolute atomic E-state index is 0.0170. The molecule has 3 aromatic rings. The van der Waals surface area contributed by atoms with E-state index >= 15 is 0 Å². The van der Waals surface area contributed by atoms with Gasteiger partial charge in [-0.25, -0.2) is 4.98 Å². The highest BCUT2D eigenvalue weighted by Crippen LogP contribution is 2.20. The van der Waals surface area contributed by atoms with Crippen LogP contribution in [0.2, 0.25) is 0 Å². The van der Waals surface area contributed by atoms with Crippen LogP contribution in [0.5, 0.6) is 0 Å². The second-order valence-corrected chi connectivity index (χ2v) is 6.73. The van der Waals surface area contributed by atoms with Crippen LogP contribution in [0.4, 0.5) is 0 Å². The van der Waals surface area contributed by atoms with Gasteiger partial charge in [0.05, 0.1) is 22.6 Å². The van der Waals surface area contributed by atoms with Gasteiger partial charge in [0.1, 0.15) is 5.82 Å². The Labute approximate surface area is 148 Å². The molecule has 0 aliphatic heterocycles. The number of nitrogens with one attached hydrogen (secondary N) is 1. The van der Waals surface area contributed by atoms with Gasteiger partial charge in [-0.2, -0.15) is 0 Å².